The van der Waals surface area contributed by atoms with Crippen molar-refractivity contribution in [3.05, 3.63) is 29.3 Å². The maximum Gasteiger partial charge on any atom is 0.313 e. The number of piperidine rings is 1. The summed E-state index contributed by atoms with van der Waals surface area (Å²) in [5.41, 5.74) is 2.98. The van der Waals surface area contributed by atoms with Crippen molar-refractivity contribution in [3.63, 3.8) is 0 Å². The summed E-state index contributed by atoms with van der Waals surface area (Å²) >= 11 is 0. The minimum Gasteiger partial charge on any atom is -0.396 e. The van der Waals surface area contributed by atoms with E-state index >= 15 is 0 Å². The van der Waals surface area contributed by atoms with Crippen molar-refractivity contribution in [3.8, 4) is 0 Å². The molecule has 1 aliphatic heterocycles. The van der Waals surface area contributed by atoms with E-state index in [0.29, 0.717) is 18.8 Å². The normalized spacial score (nSPS) is 18.1. The largest absolute Gasteiger partial charge is 0.396 e. The predicted octanol–water partition coefficient (Wildman–Crippen LogP) is 1.73. The van der Waals surface area contributed by atoms with Gasteiger partial charge in [0.25, 0.3) is 0 Å². The number of nitrogens with one attached hydrogen (secondary N) is 1. The van der Waals surface area contributed by atoms with E-state index in [1.165, 1.54) is 10.5 Å². The lowest BCUT2D eigenvalue weighted by atomic mass is 9.99. The number of carbonyl (C=O) groups excluding carboxylic acids is 2. The predicted molar refractivity (Wildman–Crippen MR) is 85.6 cm³/mol. The first-order valence-corrected chi connectivity index (χ1v) is 7.85. The van der Waals surface area contributed by atoms with Crippen LogP contribution in [0.4, 0.5) is 5.69 Å². The van der Waals surface area contributed by atoms with Crippen LogP contribution in [-0.4, -0.2) is 41.5 Å². The van der Waals surface area contributed by atoms with Crippen molar-refractivity contribution >= 4 is 17.5 Å². The van der Waals surface area contributed by atoms with Crippen LogP contribution in [0.3, 0.4) is 0 Å². The highest BCUT2D eigenvalue weighted by Gasteiger charge is 2.27. The molecule has 2 rings (SSSR count). The van der Waals surface area contributed by atoms with Gasteiger partial charge >= 0.3 is 11.8 Å². The first-order chi connectivity index (χ1) is 10.5. The van der Waals surface area contributed by atoms with E-state index in [4.69, 9.17) is 0 Å². The molecule has 1 fully saturated rings. The number of anilines is 1. The van der Waals surface area contributed by atoms with Crippen LogP contribution in [0, 0.1) is 12.8 Å². The van der Waals surface area contributed by atoms with Crippen molar-refractivity contribution in [2.75, 3.05) is 25.0 Å². The average molecular weight is 304 g/mol. The summed E-state index contributed by atoms with van der Waals surface area (Å²) in [6.07, 6.45) is 2.61. The van der Waals surface area contributed by atoms with E-state index in [1.54, 1.807) is 0 Å². The molecule has 1 unspecified atom stereocenters. The fraction of sp³-hybridized carbons (Fsp3) is 0.529. The highest BCUT2D eigenvalue weighted by molar-refractivity contribution is 6.39. The zero-order valence-corrected chi connectivity index (χ0v) is 13.3. The lowest BCUT2D eigenvalue weighted by Gasteiger charge is -2.31. The van der Waals surface area contributed by atoms with Gasteiger partial charge in [-0.15, -0.1) is 0 Å². The van der Waals surface area contributed by atoms with Crippen LogP contribution in [0.15, 0.2) is 18.2 Å². The Hall–Kier alpha value is -1.88. The Labute approximate surface area is 131 Å². The van der Waals surface area contributed by atoms with Crippen LogP contribution in [-0.2, 0) is 16.0 Å². The fourth-order valence-electron chi connectivity index (χ4n) is 2.86. The molecule has 120 valence electrons. The number of rotatable bonds is 3. The molecule has 1 aromatic rings. The molecule has 1 saturated heterocycles. The molecule has 1 heterocycles. The number of benzene rings is 1. The Morgan fingerprint density at radius 3 is 2.86 bits per heavy atom. The first kappa shape index (κ1) is 16.5. The monoisotopic (exact) mass is 304 g/mol. The second-order valence-electron chi connectivity index (χ2n) is 5.89. The highest BCUT2D eigenvalue weighted by atomic mass is 16.3. The van der Waals surface area contributed by atoms with Gasteiger partial charge in [-0.05, 0) is 55.4 Å². The lowest BCUT2D eigenvalue weighted by Crippen LogP contribution is -2.45. The molecule has 0 bridgehead atoms. The Morgan fingerprint density at radius 1 is 1.41 bits per heavy atom. The standard InChI is InChI=1S/C17H24N2O3/c1-3-14-9-15(7-6-12(14)2)18-16(21)17(22)19-8-4-5-13(10-19)11-20/h6-7,9,13,20H,3-5,8,10-11H2,1-2H3,(H,18,21). The molecule has 1 aliphatic rings. The highest BCUT2D eigenvalue weighted by Crippen LogP contribution is 2.18. The molecule has 1 atom stereocenters. The molecular formula is C17H24N2O3. The Kier molecular flexibility index (Phi) is 5.55. The maximum atomic E-state index is 12.2. The molecule has 0 aromatic heterocycles. The van der Waals surface area contributed by atoms with E-state index < -0.39 is 11.8 Å². The van der Waals surface area contributed by atoms with Crippen LogP contribution in [0.1, 0.15) is 30.9 Å². The molecule has 22 heavy (non-hydrogen) atoms. The number of hydrogen-bond acceptors (Lipinski definition) is 3. The summed E-state index contributed by atoms with van der Waals surface area (Å²) in [5, 5.41) is 11.9. The maximum absolute atomic E-state index is 12.2. The first-order valence-electron chi connectivity index (χ1n) is 7.85. The summed E-state index contributed by atoms with van der Waals surface area (Å²) in [6.45, 7) is 5.18. The molecule has 2 amide bonds. The SMILES string of the molecule is CCc1cc(NC(=O)C(=O)N2CCCC(CO)C2)ccc1C. The van der Waals surface area contributed by atoms with E-state index in [-0.39, 0.29) is 12.5 Å². The number of aryl methyl sites for hydroxylation is 2. The second kappa shape index (κ2) is 7.40. The zero-order valence-electron chi connectivity index (χ0n) is 13.3. The molecule has 2 N–H and O–H groups in total. The van der Waals surface area contributed by atoms with Crippen LogP contribution < -0.4 is 5.32 Å². The number of hydrogen-bond donors (Lipinski definition) is 2. The summed E-state index contributed by atoms with van der Waals surface area (Å²) in [5.74, 6) is -1.04. The van der Waals surface area contributed by atoms with Crippen LogP contribution in [0.25, 0.3) is 0 Å². The molecule has 1 aromatic carbocycles. The van der Waals surface area contributed by atoms with E-state index in [0.717, 1.165) is 24.8 Å². The molecule has 5 nitrogen and oxygen atoms in total. The van der Waals surface area contributed by atoms with Gasteiger partial charge in [-0.25, -0.2) is 0 Å². The smallest absolute Gasteiger partial charge is 0.313 e. The Bertz CT molecular complexity index is 557. The van der Waals surface area contributed by atoms with E-state index in [9.17, 15) is 14.7 Å². The third-order valence-electron chi connectivity index (χ3n) is 4.25. The Morgan fingerprint density at radius 2 is 2.18 bits per heavy atom. The zero-order chi connectivity index (χ0) is 16.1. The molecule has 5 heteroatoms. The number of amides is 2. The number of carbonyl (C=O) groups is 2. The van der Waals surface area contributed by atoms with Gasteiger partial charge in [0.1, 0.15) is 0 Å². The average Bonchev–Trinajstić information content (AvgIpc) is 2.55. The number of likely N-dealkylation sites (tertiary alicyclic amines) is 1. The van der Waals surface area contributed by atoms with Crippen molar-refractivity contribution < 1.29 is 14.7 Å². The number of aliphatic hydroxyl groups is 1. The molecule has 0 aliphatic carbocycles. The number of aliphatic hydroxyl groups excluding tert-OH is 1. The minimum atomic E-state index is -0.607. The van der Waals surface area contributed by atoms with Gasteiger partial charge in [0.2, 0.25) is 0 Å². The summed E-state index contributed by atoms with van der Waals surface area (Å²) in [4.78, 5) is 25.9. The quantitative estimate of drug-likeness (QED) is 0.836. The summed E-state index contributed by atoms with van der Waals surface area (Å²) < 4.78 is 0. The van der Waals surface area contributed by atoms with Crippen molar-refractivity contribution in [1.29, 1.82) is 0 Å². The van der Waals surface area contributed by atoms with E-state index in [2.05, 4.69) is 12.2 Å². The van der Waals surface area contributed by atoms with Gasteiger partial charge in [0, 0.05) is 25.4 Å². The third kappa shape index (κ3) is 3.85. The number of nitrogens with zero attached hydrogens (tertiary/aromatic N) is 1. The molecule has 0 radical (unpaired) electrons. The van der Waals surface area contributed by atoms with Crippen LogP contribution >= 0.6 is 0 Å². The minimum absolute atomic E-state index is 0.0588. The van der Waals surface area contributed by atoms with Crippen LogP contribution in [0.2, 0.25) is 0 Å². The van der Waals surface area contributed by atoms with Gasteiger partial charge in [-0.2, -0.15) is 0 Å². The van der Waals surface area contributed by atoms with Gasteiger partial charge in [0.15, 0.2) is 0 Å². The van der Waals surface area contributed by atoms with Gasteiger partial charge in [0.05, 0.1) is 0 Å². The van der Waals surface area contributed by atoms with Crippen molar-refractivity contribution in [2.24, 2.45) is 5.92 Å². The van der Waals surface area contributed by atoms with Gasteiger partial charge in [-0.1, -0.05) is 13.0 Å². The van der Waals surface area contributed by atoms with Crippen molar-refractivity contribution in [1.82, 2.24) is 4.90 Å². The van der Waals surface area contributed by atoms with Crippen molar-refractivity contribution in [2.45, 2.75) is 33.1 Å². The Balaban J connectivity index is 2.00. The molecule has 0 spiro atoms. The summed E-state index contributed by atoms with van der Waals surface area (Å²) in [7, 11) is 0. The topological polar surface area (TPSA) is 69.6 Å². The summed E-state index contributed by atoms with van der Waals surface area (Å²) in [6, 6.07) is 5.67. The molecule has 0 saturated carbocycles. The van der Waals surface area contributed by atoms with Gasteiger partial charge in [-0.3, -0.25) is 9.59 Å². The second-order valence-corrected chi connectivity index (χ2v) is 5.89. The lowest BCUT2D eigenvalue weighted by molar-refractivity contribution is -0.144. The van der Waals surface area contributed by atoms with Gasteiger partial charge < -0.3 is 15.3 Å². The van der Waals surface area contributed by atoms with Crippen LogP contribution in [0.5, 0.6) is 0 Å². The molecular weight excluding hydrogens is 280 g/mol. The fourth-order valence-corrected chi connectivity index (χ4v) is 2.86. The van der Waals surface area contributed by atoms with E-state index in [1.807, 2.05) is 25.1 Å². The third-order valence-corrected chi connectivity index (χ3v) is 4.25.